The number of hydrogen-bond donors (Lipinski definition) is 1. The first-order valence-corrected chi connectivity index (χ1v) is 7.63. The molecule has 2 N–H and O–H groups in total. The molecule has 2 heteroatoms. The van der Waals surface area contributed by atoms with Gasteiger partial charge in [0.2, 0.25) is 0 Å². The van der Waals surface area contributed by atoms with E-state index >= 15 is 0 Å². The third-order valence-corrected chi connectivity index (χ3v) is 5.11. The van der Waals surface area contributed by atoms with Gasteiger partial charge in [0.15, 0.2) is 0 Å². The van der Waals surface area contributed by atoms with Gasteiger partial charge in [0.25, 0.3) is 0 Å². The number of likely N-dealkylation sites (tertiary alicyclic amines) is 1. The highest BCUT2D eigenvalue weighted by Crippen LogP contribution is 2.36. The first-order valence-electron chi connectivity index (χ1n) is 7.63. The molecule has 0 aromatic heterocycles. The van der Waals surface area contributed by atoms with E-state index in [-0.39, 0.29) is 0 Å². The van der Waals surface area contributed by atoms with Gasteiger partial charge in [-0.05, 0) is 49.6 Å². The Kier molecular flexibility index (Phi) is 4.87. The molecule has 0 bridgehead atoms. The molecule has 2 nitrogen and oxygen atoms in total. The number of piperidine rings is 1. The molecule has 2 rings (SSSR count). The predicted molar refractivity (Wildman–Crippen MR) is 73.9 cm³/mol. The van der Waals surface area contributed by atoms with Crippen molar-refractivity contribution in [2.75, 3.05) is 26.2 Å². The van der Waals surface area contributed by atoms with Crippen molar-refractivity contribution in [2.45, 2.75) is 46.0 Å². The third-order valence-electron chi connectivity index (χ3n) is 5.11. The Morgan fingerprint density at radius 3 is 2.47 bits per heavy atom. The lowest BCUT2D eigenvalue weighted by atomic mass is 9.75. The van der Waals surface area contributed by atoms with Crippen molar-refractivity contribution in [2.24, 2.45) is 29.4 Å². The van der Waals surface area contributed by atoms with Gasteiger partial charge in [-0.15, -0.1) is 0 Å². The molecule has 2 aliphatic rings. The molecule has 1 aliphatic carbocycles. The average molecular weight is 238 g/mol. The molecule has 0 radical (unpaired) electrons. The molecule has 2 fully saturated rings. The molecule has 1 aliphatic heterocycles. The maximum atomic E-state index is 5.90. The van der Waals surface area contributed by atoms with Gasteiger partial charge in [-0.3, -0.25) is 0 Å². The first kappa shape index (κ1) is 13.4. The van der Waals surface area contributed by atoms with E-state index in [0.29, 0.717) is 5.92 Å². The van der Waals surface area contributed by atoms with E-state index in [1.807, 2.05) is 0 Å². The molecule has 1 saturated heterocycles. The average Bonchev–Trinajstić information content (AvgIpc) is 2.35. The van der Waals surface area contributed by atoms with Gasteiger partial charge in [0.1, 0.15) is 0 Å². The second-order valence-corrected chi connectivity index (χ2v) is 6.59. The summed E-state index contributed by atoms with van der Waals surface area (Å²) in [6.45, 7) is 9.38. The van der Waals surface area contributed by atoms with Crippen LogP contribution >= 0.6 is 0 Å². The molecule has 3 unspecified atom stereocenters. The number of nitrogens with zero attached hydrogens (tertiary/aromatic N) is 1. The molecular weight excluding hydrogens is 208 g/mol. The summed E-state index contributed by atoms with van der Waals surface area (Å²) < 4.78 is 0. The number of fused-ring (bicyclic) bond motifs is 1. The van der Waals surface area contributed by atoms with E-state index in [4.69, 9.17) is 5.73 Å². The van der Waals surface area contributed by atoms with E-state index in [2.05, 4.69) is 18.7 Å². The normalized spacial score (nSPS) is 32.5. The van der Waals surface area contributed by atoms with Crippen LogP contribution in [0.15, 0.2) is 0 Å². The summed E-state index contributed by atoms with van der Waals surface area (Å²) >= 11 is 0. The lowest BCUT2D eigenvalue weighted by Crippen LogP contribution is -2.45. The van der Waals surface area contributed by atoms with Crippen LogP contribution in [0, 0.1) is 23.7 Å². The van der Waals surface area contributed by atoms with Crippen LogP contribution in [0.5, 0.6) is 0 Å². The van der Waals surface area contributed by atoms with Crippen molar-refractivity contribution in [1.82, 2.24) is 4.90 Å². The Morgan fingerprint density at radius 2 is 1.82 bits per heavy atom. The second kappa shape index (κ2) is 6.19. The molecular formula is C15H30N2. The smallest absolute Gasteiger partial charge is 0.00243 e. The van der Waals surface area contributed by atoms with Gasteiger partial charge in [0.05, 0.1) is 0 Å². The van der Waals surface area contributed by atoms with Gasteiger partial charge in [-0.2, -0.15) is 0 Å². The minimum absolute atomic E-state index is 0.690. The fraction of sp³-hybridized carbons (Fsp3) is 1.00. The van der Waals surface area contributed by atoms with Crippen LogP contribution in [0.3, 0.4) is 0 Å². The Bertz CT molecular complexity index is 227. The summed E-state index contributed by atoms with van der Waals surface area (Å²) in [6.07, 6.45) is 7.39. The fourth-order valence-corrected chi connectivity index (χ4v) is 3.73. The van der Waals surface area contributed by atoms with Crippen LogP contribution < -0.4 is 5.73 Å². The number of rotatable bonds is 4. The maximum absolute atomic E-state index is 5.90. The van der Waals surface area contributed by atoms with Crippen LogP contribution in [0.25, 0.3) is 0 Å². The molecule has 17 heavy (non-hydrogen) atoms. The van der Waals surface area contributed by atoms with Crippen molar-refractivity contribution in [1.29, 1.82) is 0 Å². The van der Waals surface area contributed by atoms with Crippen molar-refractivity contribution >= 4 is 0 Å². The lowest BCUT2D eigenvalue weighted by Gasteiger charge is -2.42. The van der Waals surface area contributed by atoms with Gasteiger partial charge in [-0.25, -0.2) is 0 Å². The zero-order valence-corrected chi connectivity index (χ0v) is 11.7. The van der Waals surface area contributed by atoms with Crippen LogP contribution in [0.4, 0.5) is 0 Å². The van der Waals surface area contributed by atoms with E-state index in [9.17, 15) is 0 Å². The summed E-state index contributed by atoms with van der Waals surface area (Å²) in [5, 5.41) is 0. The lowest BCUT2D eigenvalue weighted by molar-refractivity contribution is 0.0706. The zero-order valence-electron chi connectivity index (χ0n) is 11.7. The van der Waals surface area contributed by atoms with E-state index in [0.717, 1.165) is 24.3 Å². The molecule has 1 heterocycles. The topological polar surface area (TPSA) is 29.3 Å². The highest BCUT2D eigenvalue weighted by molar-refractivity contribution is 4.84. The minimum Gasteiger partial charge on any atom is -0.330 e. The van der Waals surface area contributed by atoms with E-state index < -0.39 is 0 Å². The summed E-state index contributed by atoms with van der Waals surface area (Å²) in [7, 11) is 0. The second-order valence-electron chi connectivity index (χ2n) is 6.59. The van der Waals surface area contributed by atoms with Crippen LogP contribution in [0.2, 0.25) is 0 Å². The highest BCUT2D eigenvalue weighted by atomic mass is 15.1. The number of hydrogen-bond acceptors (Lipinski definition) is 2. The fourth-order valence-electron chi connectivity index (χ4n) is 3.73. The zero-order chi connectivity index (χ0) is 12.3. The van der Waals surface area contributed by atoms with Crippen LogP contribution in [-0.2, 0) is 0 Å². The largest absolute Gasteiger partial charge is 0.330 e. The Hall–Kier alpha value is -0.0800. The molecule has 100 valence electrons. The maximum Gasteiger partial charge on any atom is 0.00243 e. The quantitative estimate of drug-likeness (QED) is 0.816. The predicted octanol–water partition coefficient (Wildman–Crippen LogP) is 2.73. The third kappa shape index (κ3) is 3.45. The van der Waals surface area contributed by atoms with Crippen molar-refractivity contribution < 1.29 is 0 Å². The molecule has 0 amide bonds. The van der Waals surface area contributed by atoms with Gasteiger partial charge < -0.3 is 10.6 Å². The van der Waals surface area contributed by atoms with Gasteiger partial charge in [-0.1, -0.05) is 33.1 Å². The molecule has 1 saturated carbocycles. The summed E-state index contributed by atoms with van der Waals surface area (Å²) in [5.74, 6) is 3.47. The van der Waals surface area contributed by atoms with Gasteiger partial charge >= 0.3 is 0 Å². The van der Waals surface area contributed by atoms with Crippen LogP contribution in [0.1, 0.15) is 46.0 Å². The van der Waals surface area contributed by atoms with Crippen molar-refractivity contribution in [3.05, 3.63) is 0 Å². The Balaban J connectivity index is 1.82. The van der Waals surface area contributed by atoms with Gasteiger partial charge in [0, 0.05) is 13.1 Å². The SMILES string of the molecule is CC(C)C(CN)CN1CCC2CCCCC2C1. The summed E-state index contributed by atoms with van der Waals surface area (Å²) in [6, 6.07) is 0. The molecule has 3 atom stereocenters. The summed E-state index contributed by atoms with van der Waals surface area (Å²) in [4.78, 5) is 2.70. The number of nitrogens with two attached hydrogens (primary N) is 1. The summed E-state index contributed by atoms with van der Waals surface area (Å²) in [5.41, 5.74) is 5.90. The van der Waals surface area contributed by atoms with Crippen molar-refractivity contribution in [3.8, 4) is 0 Å². The first-order chi connectivity index (χ1) is 8.20. The standard InChI is InChI=1S/C15H30N2/c1-12(2)15(9-16)11-17-8-7-13-5-3-4-6-14(13)10-17/h12-15H,3-11,16H2,1-2H3. The van der Waals surface area contributed by atoms with Crippen LogP contribution in [-0.4, -0.2) is 31.1 Å². The molecule has 0 aromatic carbocycles. The molecule has 0 aromatic rings. The monoisotopic (exact) mass is 238 g/mol. The van der Waals surface area contributed by atoms with E-state index in [1.54, 1.807) is 0 Å². The van der Waals surface area contributed by atoms with E-state index in [1.165, 1.54) is 51.7 Å². The Labute approximate surface area is 107 Å². The minimum atomic E-state index is 0.690. The Morgan fingerprint density at radius 1 is 1.12 bits per heavy atom. The highest BCUT2D eigenvalue weighted by Gasteiger charge is 2.31. The molecule has 0 spiro atoms. The van der Waals surface area contributed by atoms with Crippen molar-refractivity contribution in [3.63, 3.8) is 0 Å².